The van der Waals surface area contributed by atoms with Crippen LogP contribution in [0, 0.1) is 5.92 Å². The number of imidazole rings is 1. The minimum atomic E-state index is -4.40. The summed E-state index contributed by atoms with van der Waals surface area (Å²) in [6, 6.07) is 0. The molecule has 1 unspecified atom stereocenters. The van der Waals surface area contributed by atoms with E-state index >= 15 is 0 Å². The van der Waals surface area contributed by atoms with Gasteiger partial charge in [0, 0.05) is 39.0 Å². The lowest BCUT2D eigenvalue weighted by molar-refractivity contribution is -0.177. The average molecular weight is 305 g/mol. The van der Waals surface area contributed by atoms with Gasteiger partial charge in [-0.25, -0.2) is 4.98 Å². The van der Waals surface area contributed by atoms with Crippen molar-refractivity contribution in [3.63, 3.8) is 0 Å². The molecule has 0 spiro atoms. The second-order valence-electron chi connectivity index (χ2n) is 5.28. The van der Waals surface area contributed by atoms with E-state index in [4.69, 9.17) is 0 Å². The molecule has 0 fully saturated rings. The smallest absolute Gasteiger partial charge is 0.362 e. The van der Waals surface area contributed by atoms with Gasteiger partial charge in [-0.3, -0.25) is 4.79 Å². The van der Waals surface area contributed by atoms with Crippen molar-refractivity contribution < 1.29 is 22.7 Å². The predicted octanol–water partition coefficient (Wildman–Crippen LogP) is 1.48. The molecule has 5 nitrogen and oxygen atoms in total. The first kappa shape index (κ1) is 15.8. The molecule has 1 aliphatic heterocycles. The molecule has 0 saturated heterocycles. The second kappa shape index (κ2) is 6.46. The molecule has 0 saturated carbocycles. The molecule has 0 bridgehead atoms. The lowest BCUT2D eigenvalue weighted by Gasteiger charge is -2.28. The Bertz CT molecular complexity index is 487. The molecule has 118 valence electrons. The summed E-state index contributed by atoms with van der Waals surface area (Å²) in [7, 11) is 1.59. The van der Waals surface area contributed by atoms with Crippen molar-refractivity contribution in [3.05, 3.63) is 18.2 Å². The monoisotopic (exact) mass is 305 g/mol. The summed E-state index contributed by atoms with van der Waals surface area (Å²) in [6.07, 6.45) is 1.01. The summed E-state index contributed by atoms with van der Waals surface area (Å²) in [5.41, 5.74) is 0. The van der Waals surface area contributed by atoms with Crippen LogP contribution in [0.4, 0.5) is 13.2 Å². The SMILES string of the molecule is CN(CC1CCc2nccn2C1)C(=O)COCC(F)(F)F. The quantitative estimate of drug-likeness (QED) is 0.828. The van der Waals surface area contributed by atoms with E-state index in [0.717, 1.165) is 25.2 Å². The number of hydrogen-bond donors (Lipinski definition) is 0. The maximum atomic E-state index is 11.9. The fourth-order valence-electron chi connectivity index (χ4n) is 2.44. The molecule has 1 aromatic heterocycles. The average Bonchev–Trinajstić information content (AvgIpc) is 2.84. The number of likely N-dealkylation sites (N-methyl/N-ethyl adjacent to an activating group) is 1. The highest BCUT2D eigenvalue weighted by Gasteiger charge is 2.28. The van der Waals surface area contributed by atoms with E-state index in [9.17, 15) is 18.0 Å². The number of alkyl halides is 3. The second-order valence-corrected chi connectivity index (χ2v) is 5.28. The number of halogens is 3. The Morgan fingerprint density at radius 1 is 1.57 bits per heavy atom. The van der Waals surface area contributed by atoms with Crippen LogP contribution in [0.2, 0.25) is 0 Å². The summed E-state index contributed by atoms with van der Waals surface area (Å²) in [5, 5.41) is 0. The van der Waals surface area contributed by atoms with E-state index in [1.165, 1.54) is 4.90 Å². The van der Waals surface area contributed by atoms with Crippen molar-refractivity contribution in [1.29, 1.82) is 0 Å². The summed E-state index contributed by atoms with van der Waals surface area (Å²) >= 11 is 0. The number of aromatic nitrogens is 2. The number of fused-ring (bicyclic) bond motifs is 1. The number of carbonyl (C=O) groups is 1. The van der Waals surface area contributed by atoms with Crippen LogP contribution < -0.4 is 0 Å². The van der Waals surface area contributed by atoms with Gasteiger partial charge in [-0.1, -0.05) is 0 Å². The lowest BCUT2D eigenvalue weighted by Crippen LogP contribution is -2.37. The van der Waals surface area contributed by atoms with E-state index in [2.05, 4.69) is 9.72 Å². The van der Waals surface area contributed by atoms with E-state index in [1.807, 2.05) is 10.8 Å². The molecule has 2 rings (SSSR count). The van der Waals surface area contributed by atoms with Gasteiger partial charge in [0.25, 0.3) is 0 Å². The fourth-order valence-corrected chi connectivity index (χ4v) is 2.44. The molecule has 8 heteroatoms. The Morgan fingerprint density at radius 3 is 3.05 bits per heavy atom. The maximum Gasteiger partial charge on any atom is 0.411 e. The Hall–Kier alpha value is -1.57. The zero-order valence-electron chi connectivity index (χ0n) is 11.8. The Kier molecular flexibility index (Phi) is 4.87. The van der Waals surface area contributed by atoms with Gasteiger partial charge in [-0.2, -0.15) is 13.2 Å². The molecule has 1 atom stereocenters. The van der Waals surface area contributed by atoms with Crippen LogP contribution in [0.3, 0.4) is 0 Å². The van der Waals surface area contributed by atoms with Crippen molar-refractivity contribution >= 4 is 5.91 Å². The summed E-state index contributed by atoms with van der Waals surface area (Å²) in [4.78, 5) is 17.4. The number of ether oxygens (including phenoxy) is 1. The highest BCUT2D eigenvalue weighted by Crippen LogP contribution is 2.19. The fraction of sp³-hybridized carbons (Fsp3) is 0.692. The Morgan fingerprint density at radius 2 is 2.33 bits per heavy atom. The summed E-state index contributed by atoms with van der Waals surface area (Å²) in [6.45, 7) is -0.657. The van der Waals surface area contributed by atoms with Crippen molar-refractivity contribution in [2.24, 2.45) is 5.92 Å². The minimum Gasteiger partial charge on any atom is -0.362 e. The van der Waals surface area contributed by atoms with E-state index in [0.29, 0.717) is 6.54 Å². The molecule has 0 aromatic carbocycles. The zero-order chi connectivity index (χ0) is 15.5. The first-order valence-corrected chi connectivity index (χ1v) is 6.73. The van der Waals surface area contributed by atoms with Crippen LogP contribution in [0.25, 0.3) is 0 Å². The topological polar surface area (TPSA) is 47.4 Å². The standard InChI is InChI=1S/C13H18F3N3O2/c1-18(12(20)8-21-9-13(14,15)16)6-10-2-3-11-17-4-5-19(11)7-10/h4-5,10H,2-3,6-9H2,1H3. The first-order valence-electron chi connectivity index (χ1n) is 6.73. The largest absolute Gasteiger partial charge is 0.411 e. The van der Waals surface area contributed by atoms with Gasteiger partial charge in [-0.05, 0) is 12.3 Å². The van der Waals surface area contributed by atoms with Crippen molar-refractivity contribution in [1.82, 2.24) is 14.5 Å². The van der Waals surface area contributed by atoms with Crippen LogP contribution in [0.15, 0.2) is 12.4 Å². The number of rotatable bonds is 5. The minimum absolute atomic E-state index is 0.281. The van der Waals surface area contributed by atoms with Crippen molar-refractivity contribution in [2.45, 2.75) is 25.6 Å². The number of carbonyl (C=O) groups excluding carboxylic acids is 1. The van der Waals surface area contributed by atoms with Gasteiger partial charge in [0.1, 0.15) is 19.0 Å². The predicted molar refractivity (Wildman–Crippen MR) is 68.5 cm³/mol. The molecule has 0 N–H and O–H groups in total. The van der Waals surface area contributed by atoms with Gasteiger partial charge in [0.15, 0.2) is 0 Å². The van der Waals surface area contributed by atoms with Gasteiger partial charge < -0.3 is 14.2 Å². The van der Waals surface area contributed by atoms with Gasteiger partial charge in [0.05, 0.1) is 0 Å². The molecule has 1 aromatic rings. The highest BCUT2D eigenvalue weighted by molar-refractivity contribution is 5.77. The van der Waals surface area contributed by atoms with Crippen molar-refractivity contribution in [3.8, 4) is 0 Å². The van der Waals surface area contributed by atoms with Crippen LogP contribution >= 0.6 is 0 Å². The van der Waals surface area contributed by atoms with E-state index in [-0.39, 0.29) is 5.92 Å². The van der Waals surface area contributed by atoms with Gasteiger partial charge >= 0.3 is 6.18 Å². The highest BCUT2D eigenvalue weighted by atomic mass is 19.4. The van der Waals surface area contributed by atoms with Crippen LogP contribution in [0.1, 0.15) is 12.2 Å². The van der Waals surface area contributed by atoms with E-state index < -0.39 is 25.3 Å². The molecule has 21 heavy (non-hydrogen) atoms. The number of hydrogen-bond acceptors (Lipinski definition) is 3. The number of aryl methyl sites for hydroxylation is 1. The Labute approximate surface area is 120 Å². The summed E-state index contributed by atoms with van der Waals surface area (Å²) < 4.78 is 42.2. The third-order valence-corrected chi connectivity index (χ3v) is 3.48. The molecule has 2 heterocycles. The first-order chi connectivity index (χ1) is 9.85. The maximum absolute atomic E-state index is 11.9. The lowest BCUT2D eigenvalue weighted by atomic mass is 9.99. The van der Waals surface area contributed by atoms with Crippen molar-refractivity contribution in [2.75, 3.05) is 26.8 Å². The van der Waals surface area contributed by atoms with Crippen LogP contribution in [-0.2, 0) is 22.5 Å². The van der Waals surface area contributed by atoms with Crippen LogP contribution in [-0.4, -0.2) is 53.3 Å². The molecule has 1 aliphatic rings. The van der Waals surface area contributed by atoms with Gasteiger partial charge in [0.2, 0.25) is 5.91 Å². The molecular weight excluding hydrogens is 287 g/mol. The normalized spacial score (nSPS) is 18.4. The van der Waals surface area contributed by atoms with E-state index in [1.54, 1.807) is 13.2 Å². The van der Waals surface area contributed by atoms with Gasteiger partial charge in [-0.15, -0.1) is 0 Å². The third kappa shape index (κ3) is 4.73. The molecular formula is C13H18F3N3O2. The summed E-state index contributed by atoms with van der Waals surface area (Å²) in [5.74, 6) is 0.882. The van der Waals surface area contributed by atoms with Crippen LogP contribution in [0.5, 0.6) is 0 Å². The third-order valence-electron chi connectivity index (χ3n) is 3.48. The zero-order valence-corrected chi connectivity index (χ0v) is 11.8. The molecule has 0 aliphatic carbocycles. The number of nitrogens with zero attached hydrogens (tertiary/aromatic N) is 3. The Balaban J connectivity index is 1.74. The molecule has 1 amide bonds. The molecule has 0 radical (unpaired) electrons. The number of amides is 1.